The van der Waals surface area contributed by atoms with E-state index < -0.39 is 0 Å². The molecule has 1 saturated carbocycles. The van der Waals surface area contributed by atoms with Crippen molar-refractivity contribution in [1.29, 1.82) is 0 Å². The second-order valence-electron chi connectivity index (χ2n) is 5.17. The van der Waals surface area contributed by atoms with Crippen LogP contribution in [0.25, 0.3) is 0 Å². The zero-order chi connectivity index (χ0) is 13.8. The van der Waals surface area contributed by atoms with Crippen LogP contribution in [0.5, 0.6) is 5.88 Å². The van der Waals surface area contributed by atoms with Crippen LogP contribution in [0.3, 0.4) is 0 Å². The highest BCUT2D eigenvalue weighted by Gasteiger charge is 2.28. The fourth-order valence-corrected chi connectivity index (χ4v) is 2.73. The Morgan fingerprint density at radius 3 is 2.68 bits per heavy atom. The third-order valence-electron chi connectivity index (χ3n) is 3.84. The molecular weight excluding hydrogens is 244 g/mol. The van der Waals surface area contributed by atoms with Crippen LogP contribution in [0.4, 0.5) is 0 Å². The number of H-pyrrole nitrogens is 1. The summed E-state index contributed by atoms with van der Waals surface area (Å²) in [6, 6.07) is 0. The number of aromatic amines is 1. The lowest BCUT2D eigenvalue weighted by Gasteiger charge is -2.29. The van der Waals surface area contributed by atoms with Gasteiger partial charge in [0.15, 0.2) is 0 Å². The van der Waals surface area contributed by atoms with E-state index in [-0.39, 0.29) is 23.1 Å². The van der Waals surface area contributed by atoms with Gasteiger partial charge in [0.1, 0.15) is 11.9 Å². The first-order valence-corrected chi connectivity index (χ1v) is 7.04. The molecule has 1 aromatic heterocycles. The van der Waals surface area contributed by atoms with Crippen molar-refractivity contribution in [3.05, 3.63) is 21.7 Å². The predicted molar refractivity (Wildman–Crippen MR) is 72.2 cm³/mol. The van der Waals surface area contributed by atoms with E-state index >= 15 is 0 Å². The quantitative estimate of drug-likeness (QED) is 0.877. The zero-order valence-electron chi connectivity index (χ0n) is 11.6. The fourth-order valence-electron chi connectivity index (χ4n) is 2.73. The van der Waals surface area contributed by atoms with Crippen molar-refractivity contribution in [2.45, 2.75) is 52.1 Å². The summed E-state index contributed by atoms with van der Waals surface area (Å²) in [4.78, 5) is 18.6. The number of ether oxygens (including phenoxy) is 1. The largest absolute Gasteiger partial charge is 0.493 e. The van der Waals surface area contributed by atoms with E-state index in [1.54, 1.807) is 6.92 Å². The molecule has 1 aliphatic carbocycles. The van der Waals surface area contributed by atoms with Gasteiger partial charge in [0.05, 0.1) is 5.56 Å². The number of nitrogens with zero attached hydrogens (tertiary/aromatic N) is 1. The van der Waals surface area contributed by atoms with E-state index in [1.165, 1.54) is 19.3 Å². The number of hydrogen-bond acceptors (Lipinski definition) is 4. The molecule has 1 atom stereocenters. The normalized spacial score (nSPS) is 18.4. The van der Waals surface area contributed by atoms with Crippen LogP contribution < -0.4 is 5.56 Å². The highest BCUT2D eigenvalue weighted by Crippen LogP contribution is 2.35. The van der Waals surface area contributed by atoms with Crippen LogP contribution in [-0.2, 0) is 4.74 Å². The predicted octanol–water partition coefficient (Wildman–Crippen LogP) is 2.44. The average molecular weight is 266 g/mol. The second-order valence-corrected chi connectivity index (χ2v) is 5.17. The smallest absolute Gasteiger partial charge is 0.257 e. The summed E-state index contributed by atoms with van der Waals surface area (Å²) in [5.41, 5.74) is -0.0364. The van der Waals surface area contributed by atoms with Gasteiger partial charge in [-0.05, 0) is 32.6 Å². The molecule has 0 bridgehead atoms. The zero-order valence-corrected chi connectivity index (χ0v) is 11.6. The van der Waals surface area contributed by atoms with Crippen molar-refractivity contribution in [3.63, 3.8) is 0 Å². The molecule has 106 valence electrons. The van der Waals surface area contributed by atoms with Crippen LogP contribution >= 0.6 is 0 Å². The molecule has 5 nitrogen and oxygen atoms in total. The van der Waals surface area contributed by atoms with E-state index in [0.717, 1.165) is 12.8 Å². The second kappa shape index (κ2) is 6.19. The van der Waals surface area contributed by atoms with Crippen molar-refractivity contribution in [1.82, 2.24) is 9.97 Å². The van der Waals surface area contributed by atoms with Crippen molar-refractivity contribution in [3.8, 4) is 5.88 Å². The van der Waals surface area contributed by atoms with E-state index in [9.17, 15) is 9.90 Å². The highest BCUT2D eigenvalue weighted by atomic mass is 16.5. The topological polar surface area (TPSA) is 75.2 Å². The van der Waals surface area contributed by atoms with Gasteiger partial charge in [-0.3, -0.25) is 4.79 Å². The molecule has 19 heavy (non-hydrogen) atoms. The van der Waals surface area contributed by atoms with Gasteiger partial charge in [-0.1, -0.05) is 19.3 Å². The van der Waals surface area contributed by atoms with Gasteiger partial charge in [0.25, 0.3) is 5.56 Å². The van der Waals surface area contributed by atoms with Crippen LogP contribution in [-0.4, -0.2) is 21.7 Å². The summed E-state index contributed by atoms with van der Waals surface area (Å²) < 4.78 is 5.77. The number of rotatable bonds is 4. The molecule has 0 aliphatic heterocycles. The Labute approximate surface area is 113 Å². The summed E-state index contributed by atoms with van der Waals surface area (Å²) in [7, 11) is 0. The Hall–Kier alpha value is -1.36. The third-order valence-corrected chi connectivity index (χ3v) is 3.84. The van der Waals surface area contributed by atoms with Gasteiger partial charge in [-0.2, -0.15) is 4.98 Å². The first-order valence-electron chi connectivity index (χ1n) is 7.04. The summed E-state index contributed by atoms with van der Waals surface area (Å²) in [5, 5.41) is 9.71. The fraction of sp³-hybridized carbons (Fsp3) is 0.714. The lowest BCUT2D eigenvalue weighted by atomic mass is 9.85. The monoisotopic (exact) mass is 266 g/mol. The summed E-state index contributed by atoms with van der Waals surface area (Å²) >= 11 is 0. The van der Waals surface area contributed by atoms with Crippen LogP contribution in [0, 0.1) is 12.8 Å². The number of hydrogen-bond donors (Lipinski definition) is 2. The first-order chi connectivity index (χ1) is 9.13. The van der Waals surface area contributed by atoms with Crippen molar-refractivity contribution < 1.29 is 9.84 Å². The Morgan fingerprint density at radius 1 is 1.42 bits per heavy atom. The van der Waals surface area contributed by atoms with Crippen molar-refractivity contribution in [2.75, 3.05) is 6.61 Å². The van der Waals surface area contributed by atoms with Gasteiger partial charge in [0.2, 0.25) is 5.88 Å². The van der Waals surface area contributed by atoms with Gasteiger partial charge < -0.3 is 14.8 Å². The van der Waals surface area contributed by atoms with E-state index in [1.807, 2.05) is 6.92 Å². The molecule has 1 fully saturated rings. The minimum Gasteiger partial charge on any atom is -0.493 e. The molecule has 0 saturated heterocycles. The van der Waals surface area contributed by atoms with Crippen molar-refractivity contribution >= 4 is 0 Å². The van der Waals surface area contributed by atoms with Gasteiger partial charge in [-0.15, -0.1) is 0 Å². The molecule has 1 aromatic rings. The molecule has 0 radical (unpaired) electrons. The Kier molecular flexibility index (Phi) is 4.58. The molecule has 0 spiro atoms. The number of aromatic nitrogens is 2. The van der Waals surface area contributed by atoms with Crippen LogP contribution in [0.15, 0.2) is 4.79 Å². The third kappa shape index (κ3) is 3.15. The molecular formula is C14H22N2O3. The first kappa shape index (κ1) is 14.1. The molecule has 5 heteroatoms. The average Bonchev–Trinajstić information content (AvgIpc) is 2.42. The van der Waals surface area contributed by atoms with Gasteiger partial charge in [-0.25, -0.2) is 0 Å². The Morgan fingerprint density at radius 2 is 2.11 bits per heavy atom. The van der Waals surface area contributed by atoms with Crippen molar-refractivity contribution in [2.24, 2.45) is 5.92 Å². The van der Waals surface area contributed by atoms with Gasteiger partial charge >= 0.3 is 0 Å². The van der Waals surface area contributed by atoms with E-state index in [2.05, 4.69) is 9.97 Å². The minimum absolute atomic E-state index is 0.195. The molecule has 2 N–H and O–H groups in total. The molecule has 1 unspecified atom stereocenters. The summed E-state index contributed by atoms with van der Waals surface area (Å²) in [6.07, 6.45) is 5.60. The van der Waals surface area contributed by atoms with E-state index in [4.69, 9.17) is 4.74 Å². The molecule has 2 rings (SSSR count). The summed E-state index contributed by atoms with van der Waals surface area (Å²) in [6.45, 7) is 4.06. The maximum Gasteiger partial charge on any atom is 0.257 e. The van der Waals surface area contributed by atoms with E-state index in [0.29, 0.717) is 18.3 Å². The SMILES string of the molecule is CCOC(c1nc(O)c(C)c(=O)[nH]1)C1CCCCC1. The maximum absolute atomic E-state index is 11.7. The van der Waals surface area contributed by atoms with Crippen LogP contribution in [0.1, 0.15) is 56.5 Å². The lowest BCUT2D eigenvalue weighted by molar-refractivity contribution is -0.000710. The molecule has 0 amide bonds. The Bertz CT molecular complexity index is 478. The standard InChI is InChI=1S/C14H22N2O3/c1-3-19-11(10-7-5-4-6-8-10)12-15-13(17)9(2)14(18)16-12/h10-11H,3-8H2,1-2H3,(H2,15,16,17,18). The van der Waals surface area contributed by atoms with Gasteiger partial charge in [0, 0.05) is 6.61 Å². The summed E-state index contributed by atoms with van der Waals surface area (Å²) in [5.74, 6) is 0.639. The molecule has 0 aromatic carbocycles. The molecule has 1 aliphatic rings. The minimum atomic E-state index is -0.289. The number of aromatic hydroxyl groups is 1. The molecule has 1 heterocycles. The Balaban J connectivity index is 2.30. The lowest BCUT2D eigenvalue weighted by Crippen LogP contribution is -2.24. The maximum atomic E-state index is 11.7. The highest BCUT2D eigenvalue weighted by molar-refractivity contribution is 5.21. The number of nitrogens with one attached hydrogen (secondary N) is 1. The van der Waals surface area contributed by atoms with Crippen LogP contribution in [0.2, 0.25) is 0 Å².